The predicted molar refractivity (Wildman–Crippen MR) is 129 cm³/mol. The normalized spacial score (nSPS) is 17.1. The van der Waals surface area contributed by atoms with E-state index >= 15 is 0 Å². The molecule has 1 aliphatic carbocycles. The van der Waals surface area contributed by atoms with Crippen molar-refractivity contribution in [2.75, 3.05) is 0 Å². The molecular weight excluding hydrogens is 352 g/mol. The molecule has 1 atom stereocenters. The van der Waals surface area contributed by atoms with Crippen LogP contribution in [-0.4, -0.2) is 8.80 Å². The lowest BCUT2D eigenvalue weighted by atomic mass is 9.78. The number of benzene rings is 2. The molecule has 0 spiro atoms. The molecule has 0 amide bonds. The predicted octanol–water partition coefficient (Wildman–Crippen LogP) is 7.78. The van der Waals surface area contributed by atoms with Gasteiger partial charge in [0.15, 0.2) is 0 Å². The second kappa shape index (κ2) is 7.02. The maximum absolute atomic E-state index is 2.48. The third-order valence-corrected chi connectivity index (χ3v) is 8.41. The van der Waals surface area contributed by atoms with Gasteiger partial charge in [0.2, 0.25) is 0 Å². The fourth-order valence-corrected chi connectivity index (χ4v) is 6.72. The Morgan fingerprint density at radius 1 is 0.750 bits per heavy atom. The molecule has 2 aromatic carbocycles. The van der Waals surface area contributed by atoms with Crippen LogP contribution in [0.25, 0.3) is 17.2 Å². The molecule has 0 aliphatic heterocycles. The third-order valence-electron chi connectivity index (χ3n) is 6.20. The summed E-state index contributed by atoms with van der Waals surface area (Å²) in [6.07, 6.45) is 2.47. The van der Waals surface area contributed by atoms with Crippen molar-refractivity contribution in [2.24, 2.45) is 0 Å². The highest BCUT2D eigenvalue weighted by Gasteiger charge is 2.29. The highest BCUT2D eigenvalue weighted by atomic mass is 28.3. The van der Waals surface area contributed by atoms with Gasteiger partial charge in [0.25, 0.3) is 0 Å². The molecule has 1 aliphatic rings. The summed E-state index contributed by atoms with van der Waals surface area (Å²) in [4.78, 5) is 0. The van der Waals surface area contributed by atoms with Gasteiger partial charge in [-0.25, -0.2) is 0 Å². The monoisotopic (exact) mass is 390 g/mol. The van der Waals surface area contributed by atoms with Gasteiger partial charge in [-0.2, -0.15) is 0 Å². The van der Waals surface area contributed by atoms with Crippen molar-refractivity contribution in [1.29, 1.82) is 0 Å². The first-order valence-electron chi connectivity index (χ1n) is 10.8. The maximum atomic E-state index is 2.48. The number of fused-ring (bicyclic) bond motifs is 1. The molecule has 28 heavy (non-hydrogen) atoms. The smallest absolute Gasteiger partial charge is 0.0439 e. The lowest BCUT2D eigenvalue weighted by Crippen LogP contribution is -2.17. The van der Waals surface area contributed by atoms with Gasteiger partial charge < -0.3 is 0 Å². The highest BCUT2D eigenvalue weighted by molar-refractivity contribution is 6.58. The van der Waals surface area contributed by atoms with Crippen LogP contribution in [0.5, 0.6) is 0 Å². The van der Waals surface area contributed by atoms with Crippen molar-refractivity contribution >= 4 is 14.9 Å². The van der Waals surface area contributed by atoms with Crippen molar-refractivity contribution in [1.82, 2.24) is 0 Å². The first kappa shape index (κ1) is 21.1. The lowest BCUT2D eigenvalue weighted by Gasteiger charge is -2.27. The molecule has 0 nitrogen and oxygen atoms in total. The van der Waals surface area contributed by atoms with Crippen LogP contribution in [0.15, 0.2) is 35.9 Å². The van der Waals surface area contributed by atoms with E-state index in [2.05, 4.69) is 105 Å². The van der Waals surface area contributed by atoms with Crippen LogP contribution in [0.3, 0.4) is 0 Å². The molecule has 0 N–H and O–H groups in total. The first-order chi connectivity index (χ1) is 12.8. The Labute approximate surface area is 174 Å². The van der Waals surface area contributed by atoms with E-state index in [1.54, 1.807) is 11.1 Å². The second-order valence-corrected chi connectivity index (χ2v) is 14.4. The summed E-state index contributed by atoms with van der Waals surface area (Å²) < 4.78 is 0. The Morgan fingerprint density at radius 3 is 1.75 bits per heavy atom. The molecule has 0 radical (unpaired) electrons. The molecule has 0 heterocycles. The van der Waals surface area contributed by atoms with Crippen molar-refractivity contribution in [3.63, 3.8) is 0 Å². The molecule has 0 aromatic heterocycles. The van der Waals surface area contributed by atoms with Crippen LogP contribution in [0, 0.1) is 6.92 Å². The minimum Gasteiger partial charge on any atom is -0.0714 e. The molecule has 0 saturated heterocycles. The third kappa shape index (κ3) is 3.92. The number of rotatable bonds is 2. The SMILES string of the molecule is CC1=Cc2c(-c3cc(C(C)(C)C)cc(C(C)(C)C)c3)cc(C)cc2C1[SiH](C)C. The first-order valence-corrected chi connectivity index (χ1v) is 13.8. The van der Waals surface area contributed by atoms with E-state index < -0.39 is 8.80 Å². The summed E-state index contributed by atoms with van der Waals surface area (Å²) in [5.74, 6) is 0. The number of allylic oxidation sites excluding steroid dienone is 1. The van der Waals surface area contributed by atoms with Gasteiger partial charge in [-0.3, -0.25) is 0 Å². The van der Waals surface area contributed by atoms with Gasteiger partial charge in [0.1, 0.15) is 0 Å². The lowest BCUT2D eigenvalue weighted by molar-refractivity contribution is 0.569. The van der Waals surface area contributed by atoms with E-state index in [-0.39, 0.29) is 10.8 Å². The standard InChI is InChI=1S/C27H38Si/c1-17-11-22(23-13-18(2)25(28(9)10)24(23)12-17)19-14-20(26(3,4)5)16-21(15-19)27(6,7)8/h11-16,25,28H,1-10H3. The summed E-state index contributed by atoms with van der Waals surface area (Å²) in [7, 11) is -0.796. The summed E-state index contributed by atoms with van der Waals surface area (Å²) in [5.41, 5.74) is 12.6. The van der Waals surface area contributed by atoms with Crippen molar-refractivity contribution in [3.05, 3.63) is 63.7 Å². The Balaban J connectivity index is 2.30. The van der Waals surface area contributed by atoms with Crippen LogP contribution in [0.2, 0.25) is 13.1 Å². The summed E-state index contributed by atoms with van der Waals surface area (Å²) in [6.45, 7) is 23.5. The van der Waals surface area contributed by atoms with Crippen LogP contribution < -0.4 is 0 Å². The molecule has 1 heteroatoms. The maximum Gasteiger partial charge on any atom is 0.0439 e. The number of hydrogen-bond acceptors (Lipinski definition) is 0. The van der Waals surface area contributed by atoms with Crippen LogP contribution >= 0.6 is 0 Å². The van der Waals surface area contributed by atoms with Crippen molar-refractivity contribution in [3.8, 4) is 11.1 Å². The van der Waals surface area contributed by atoms with Gasteiger partial charge in [0.05, 0.1) is 0 Å². The Hall–Kier alpha value is -1.60. The van der Waals surface area contributed by atoms with Gasteiger partial charge in [-0.05, 0) is 63.6 Å². The molecular formula is C27H38Si. The van der Waals surface area contributed by atoms with E-state index in [1.165, 1.54) is 33.4 Å². The molecule has 0 saturated carbocycles. The molecule has 0 fully saturated rings. The summed E-state index contributed by atoms with van der Waals surface area (Å²) >= 11 is 0. The number of aryl methyl sites for hydroxylation is 1. The van der Waals surface area contributed by atoms with E-state index in [4.69, 9.17) is 0 Å². The Bertz CT molecular complexity index is 898. The molecule has 0 bridgehead atoms. The Morgan fingerprint density at radius 2 is 1.29 bits per heavy atom. The fraction of sp³-hybridized carbons (Fsp3) is 0.481. The second-order valence-electron chi connectivity index (χ2n) is 11.2. The zero-order chi connectivity index (χ0) is 21.0. The minimum atomic E-state index is -0.796. The van der Waals surface area contributed by atoms with Crippen LogP contribution in [-0.2, 0) is 10.8 Å². The largest absolute Gasteiger partial charge is 0.0714 e. The summed E-state index contributed by atoms with van der Waals surface area (Å²) in [6, 6.07) is 12.1. The molecule has 3 rings (SSSR count). The average molecular weight is 391 g/mol. The van der Waals surface area contributed by atoms with Gasteiger partial charge >= 0.3 is 0 Å². The van der Waals surface area contributed by atoms with Gasteiger partial charge in [0, 0.05) is 8.80 Å². The molecule has 150 valence electrons. The van der Waals surface area contributed by atoms with E-state index in [0.717, 1.165) is 0 Å². The quantitative estimate of drug-likeness (QED) is 0.459. The van der Waals surface area contributed by atoms with Gasteiger partial charge in [-0.1, -0.05) is 102 Å². The fourth-order valence-electron chi connectivity index (χ4n) is 4.58. The Kier molecular flexibility index (Phi) is 5.30. The molecule has 1 unspecified atom stereocenters. The zero-order valence-electron chi connectivity index (χ0n) is 19.6. The zero-order valence-corrected chi connectivity index (χ0v) is 20.8. The van der Waals surface area contributed by atoms with Gasteiger partial charge in [-0.15, -0.1) is 0 Å². The van der Waals surface area contributed by atoms with Crippen LogP contribution in [0.4, 0.5) is 0 Å². The average Bonchev–Trinajstić information content (AvgIpc) is 2.87. The topological polar surface area (TPSA) is 0 Å². The van der Waals surface area contributed by atoms with Crippen molar-refractivity contribution in [2.45, 2.75) is 84.9 Å². The number of hydrogen-bond donors (Lipinski definition) is 0. The highest BCUT2D eigenvalue weighted by Crippen LogP contribution is 2.44. The van der Waals surface area contributed by atoms with E-state index in [0.29, 0.717) is 5.54 Å². The van der Waals surface area contributed by atoms with Crippen LogP contribution in [0.1, 0.15) is 81.8 Å². The minimum absolute atomic E-state index is 0.141. The van der Waals surface area contributed by atoms with E-state index in [1.807, 2.05) is 0 Å². The summed E-state index contributed by atoms with van der Waals surface area (Å²) in [5, 5.41) is 0. The van der Waals surface area contributed by atoms with E-state index in [9.17, 15) is 0 Å². The van der Waals surface area contributed by atoms with Crippen molar-refractivity contribution < 1.29 is 0 Å². The molecule has 2 aromatic rings.